The van der Waals surface area contributed by atoms with Gasteiger partial charge in [0, 0.05) is 37.8 Å². The van der Waals surface area contributed by atoms with Crippen molar-refractivity contribution in [3.8, 4) is 0 Å². The summed E-state index contributed by atoms with van der Waals surface area (Å²) < 4.78 is 0. The van der Waals surface area contributed by atoms with Crippen LogP contribution in [0.1, 0.15) is 81.9 Å². The third kappa shape index (κ3) is 16.0. The molecule has 0 unspecified atom stereocenters. The highest BCUT2D eigenvalue weighted by Gasteiger charge is 2.30. The van der Waals surface area contributed by atoms with Gasteiger partial charge in [-0.25, -0.2) is 4.79 Å². The summed E-state index contributed by atoms with van der Waals surface area (Å²) in [5.74, 6) is -3.66. The molecule has 0 aliphatic rings. The number of aliphatic carboxylic acids is 1. The zero-order valence-electron chi connectivity index (χ0n) is 31.8. The number of anilines is 1. The fourth-order valence-electron chi connectivity index (χ4n) is 6.07. The Kier molecular flexibility index (Phi) is 18.4. The van der Waals surface area contributed by atoms with Crippen molar-refractivity contribution in [3.63, 3.8) is 0 Å². The number of benzene rings is 3. The van der Waals surface area contributed by atoms with E-state index in [0.29, 0.717) is 24.9 Å². The molecule has 5 amide bonds. The summed E-state index contributed by atoms with van der Waals surface area (Å²) in [5.41, 5.74) is 14.3. The average Bonchev–Trinajstić information content (AvgIpc) is 3.16. The summed E-state index contributed by atoms with van der Waals surface area (Å²) in [6.07, 6.45) is 4.86. The SMILES string of the molecule is CC[C@@H](C)[C@H](NC(=O)CCCCCCCC(=O)N[C@@H](Cc1ccc(N)cc1)C(=O)N[C@@H](Cc1ccccc1)C(=O)O)C(=O)N[C@@H](Cc1ccccc1)C(N)=O. The van der Waals surface area contributed by atoms with E-state index < -0.39 is 47.9 Å². The summed E-state index contributed by atoms with van der Waals surface area (Å²) in [6.45, 7) is 3.78. The molecular weight excluding hydrogens is 700 g/mol. The minimum absolute atomic E-state index is 0.0897. The van der Waals surface area contributed by atoms with Crippen LogP contribution in [0.25, 0.3) is 0 Å². The number of amides is 5. The molecule has 5 atom stereocenters. The smallest absolute Gasteiger partial charge is 0.326 e. The predicted molar refractivity (Wildman–Crippen MR) is 211 cm³/mol. The van der Waals surface area contributed by atoms with Gasteiger partial charge in [0.1, 0.15) is 24.2 Å². The number of hydrogen-bond acceptors (Lipinski definition) is 7. The Hall–Kier alpha value is -5.72. The molecule has 0 saturated carbocycles. The summed E-state index contributed by atoms with van der Waals surface area (Å²) >= 11 is 0. The van der Waals surface area contributed by atoms with E-state index in [0.717, 1.165) is 36.0 Å². The van der Waals surface area contributed by atoms with Crippen LogP contribution in [-0.2, 0) is 48.0 Å². The van der Waals surface area contributed by atoms with Crippen molar-refractivity contribution in [1.29, 1.82) is 0 Å². The number of nitrogen functional groups attached to an aromatic ring is 1. The zero-order chi connectivity index (χ0) is 40.2. The fraction of sp³-hybridized carbons (Fsp3) is 0.429. The molecule has 3 rings (SSSR count). The van der Waals surface area contributed by atoms with Crippen LogP contribution >= 0.6 is 0 Å². The minimum atomic E-state index is -1.18. The lowest BCUT2D eigenvalue weighted by Crippen LogP contribution is -2.55. The largest absolute Gasteiger partial charge is 0.480 e. The lowest BCUT2D eigenvalue weighted by molar-refractivity contribution is -0.142. The normalized spacial score (nSPS) is 13.6. The summed E-state index contributed by atoms with van der Waals surface area (Å²) in [6, 6.07) is 21.2. The average molecular weight is 757 g/mol. The summed E-state index contributed by atoms with van der Waals surface area (Å²) in [4.78, 5) is 76.6. The molecule has 0 fully saturated rings. The number of hydrogen-bond donors (Lipinski definition) is 7. The molecule has 55 heavy (non-hydrogen) atoms. The van der Waals surface area contributed by atoms with Crippen molar-refractivity contribution < 1.29 is 33.9 Å². The number of unbranched alkanes of at least 4 members (excludes halogenated alkanes) is 4. The van der Waals surface area contributed by atoms with Gasteiger partial charge in [0.15, 0.2) is 0 Å². The number of primary amides is 1. The molecule has 9 N–H and O–H groups in total. The van der Waals surface area contributed by atoms with E-state index in [1.807, 2.05) is 50.2 Å². The first-order chi connectivity index (χ1) is 26.4. The highest BCUT2D eigenvalue weighted by Crippen LogP contribution is 2.14. The van der Waals surface area contributed by atoms with Crippen molar-refractivity contribution in [2.75, 3.05) is 5.73 Å². The van der Waals surface area contributed by atoms with Crippen LogP contribution in [0.5, 0.6) is 0 Å². The van der Waals surface area contributed by atoms with Crippen LogP contribution in [0, 0.1) is 5.92 Å². The van der Waals surface area contributed by atoms with Crippen molar-refractivity contribution >= 4 is 41.2 Å². The molecule has 0 aliphatic heterocycles. The number of carbonyl (C=O) groups excluding carboxylic acids is 5. The topological polar surface area (TPSA) is 223 Å². The van der Waals surface area contributed by atoms with E-state index in [2.05, 4.69) is 21.3 Å². The third-order valence-corrected chi connectivity index (χ3v) is 9.53. The van der Waals surface area contributed by atoms with Crippen LogP contribution in [0.15, 0.2) is 84.9 Å². The van der Waals surface area contributed by atoms with Gasteiger partial charge >= 0.3 is 5.97 Å². The van der Waals surface area contributed by atoms with E-state index in [9.17, 15) is 33.9 Å². The van der Waals surface area contributed by atoms with E-state index in [4.69, 9.17) is 11.5 Å². The molecule has 0 aliphatic carbocycles. The lowest BCUT2D eigenvalue weighted by atomic mass is 9.97. The Morgan fingerprint density at radius 1 is 0.582 bits per heavy atom. The highest BCUT2D eigenvalue weighted by molar-refractivity contribution is 5.92. The monoisotopic (exact) mass is 756 g/mol. The molecule has 13 nitrogen and oxygen atoms in total. The molecule has 0 bridgehead atoms. The number of carbonyl (C=O) groups is 6. The van der Waals surface area contributed by atoms with Gasteiger partial charge in [-0.1, -0.05) is 112 Å². The van der Waals surface area contributed by atoms with Crippen molar-refractivity contribution in [2.45, 2.75) is 109 Å². The third-order valence-electron chi connectivity index (χ3n) is 9.53. The number of nitrogens with two attached hydrogens (primary N) is 2. The van der Waals surface area contributed by atoms with Gasteiger partial charge < -0.3 is 37.8 Å². The van der Waals surface area contributed by atoms with Crippen molar-refractivity contribution in [2.24, 2.45) is 11.7 Å². The first-order valence-electron chi connectivity index (χ1n) is 19.0. The van der Waals surface area contributed by atoms with Gasteiger partial charge in [0.05, 0.1) is 0 Å². The van der Waals surface area contributed by atoms with Crippen LogP contribution < -0.4 is 32.7 Å². The fourth-order valence-corrected chi connectivity index (χ4v) is 6.07. The molecule has 296 valence electrons. The second-order valence-electron chi connectivity index (χ2n) is 14.0. The maximum absolute atomic E-state index is 13.4. The van der Waals surface area contributed by atoms with Gasteiger partial charge in [-0.2, -0.15) is 0 Å². The molecule has 0 spiro atoms. The zero-order valence-corrected chi connectivity index (χ0v) is 31.8. The molecule has 0 heterocycles. The second-order valence-corrected chi connectivity index (χ2v) is 14.0. The van der Waals surface area contributed by atoms with Gasteiger partial charge in [-0.3, -0.25) is 24.0 Å². The number of nitrogens with one attached hydrogen (secondary N) is 4. The van der Waals surface area contributed by atoms with E-state index >= 15 is 0 Å². The maximum atomic E-state index is 13.4. The van der Waals surface area contributed by atoms with Crippen LogP contribution in [0.2, 0.25) is 0 Å². The highest BCUT2D eigenvalue weighted by atomic mass is 16.4. The minimum Gasteiger partial charge on any atom is -0.480 e. The van der Waals surface area contributed by atoms with E-state index in [1.165, 1.54) is 0 Å². The first-order valence-corrected chi connectivity index (χ1v) is 19.0. The molecule has 0 aromatic heterocycles. The van der Waals surface area contributed by atoms with Gasteiger partial charge in [-0.15, -0.1) is 0 Å². The Morgan fingerprint density at radius 3 is 1.55 bits per heavy atom. The van der Waals surface area contributed by atoms with Crippen LogP contribution in [-0.4, -0.2) is 64.8 Å². The molecular formula is C42H56N6O7. The number of carboxylic acid groups (broad SMARTS) is 1. The van der Waals surface area contributed by atoms with Crippen molar-refractivity contribution in [1.82, 2.24) is 21.3 Å². The van der Waals surface area contributed by atoms with Crippen LogP contribution in [0.3, 0.4) is 0 Å². The standard InChI is InChI=1S/C42H56N6O7/c1-3-28(2)38(41(53)46-33(39(44)51)25-29-15-9-7-10-16-29)48-37(50)20-14-6-4-5-13-19-36(49)45-34(26-31-21-23-32(43)24-22-31)40(52)47-35(42(54)55)27-30-17-11-8-12-18-30/h7-12,15-18,21-24,28,33-35,38H,3-6,13-14,19-20,25-27,43H2,1-2H3,(H2,44,51)(H,45,49)(H,46,53)(H,47,52)(H,48,50)(H,54,55)/t28-,33+,34+,35+,38+/m1/s1. The number of rotatable bonds is 24. The molecule has 13 heteroatoms. The predicted octanol–water partition coefficient (Wildman–Crippen LogP) is 3.58. The Bertz CT molecular complexity index is 1690. The number of carboxylic acids is 1. The van der Waals surface area contributed by atoms with Gasteiger partial charge in [0.2, 0.25) is 29.5 Å². The van der Waals surface area contributed by atoms with E-state index in [1.54, 1.807) is 48.5 Å². The Morgan fingerprint density at radius 2 is 1.04 bits per heavy atom. The summed E-state index contributed by atoms with van der Waals surface area (Å²) in [5, 5.41) is 20.8. The van der Waals surface area contributed by atoms with Crippen molar-refractivity contribution in [3.05, 3.63) is 102 Å². The summed E-state index contributed by atoms with van der Waals surface area (Å²) in [7, 11) is 0. The van der Waals surface area contributed by atoms with Gasteiger partial charge in [-0.05, 0) is 47.6 Å². The van der Waals surface area contributed by atoms with E-state index in [-0.39, 0.29) is 49.8 Å². The van der Waals surface area contributed by atoms with Crippen LogP contribution in [0.4, 0.5) is 5.69 Å². The second kappa shape index (κ2) is 23.1. The quantitative estimate of drug-likeness (QED) is 0.0527. The lowest BCUT2D eigenvalue weighted by Gasteiger charge is -2.26. The molecule has 3 aromatic rings. The molecule has 0 radical (unpaired) electrons. The molecule has 3 aromatic carbocycles. The Labute approximate surface area is 323 Å². The van der Waals surface area contributed by atoms with Gasteiger partial charge in [0.25, 0.3) is 0 Å². The maximum Gasteiger partial charge on any atom is 0.326 e. The first kappa shape index (κ1) is 43.7. The Balaban J connectivity index is 1.44. The molecule has 0 saturated heterocycles.